The molecular formula is C27H29F3N2O4. The van der Waals surface area contributed by atoms with Crippen LogP contribution in [0, 0.1) is 6.92 Å². The minimum atomic E-state index is -4.41. The van der Waals surface area contributed by atoms with Gasteiger partial charge in [-0.15, -0.1) is 0 Å². The van der Waals surface area contributed by atoms with E-state index in [1.165, 1.54) is 30.7 Å². The summed E-state index contributed by atoms with van der Waals surface area (Å²) in [6.07, 6.45) is -2.04. The molecule has 192 valence electrons. The summed E-state index contributed by atoms with van der Waals surface area (Å²) >= 11 is 0. The fourth-order valence-corrected chi connectivity index (χ4v) is 3.69. The molecule has 2 aromatic carbocycles. The zero-order valence-corrected chi connectivity index (χ0v) is 20.8. The molecule has 0 atom stereocenters. The molecule has 0 aliphatic rings. The summed E-state index contributed by atoms with van der Waals surface area (Å²) in [5.74, 6) is -0.750. The van der Waals surface area contributed by atoms with Crippen LogP contribution in [0.3, 0.4) is 0 Å². The molecule has 0 spiro atoms. The maximum absolute atomic E-state index is 12.9. The van der Waals surface area contributed by atoms with Crippen molar-refractivity contribution in [1.82, 2.24) is 9.78 Å². The Balaban J connectivity index is 1.75. The van der Waals surface area contributed by atoms with E-state index < -0.39 is 23.3 Å². The van der Waals surface area contributed by atoms with Crippen molar-refractivity contribution in [2.45, 2.75) is 65.2 Å². The van der Waals surface area contributed by atoms with Crippen LogP contribution >= 0.6 is 0 Å². The van der Waals surface area contributed by atoms with E-state index in [9.17, 15) is 27.9 Å². The highest BCUT2D eigenvalue weighted by molar-refractivity contribution is 5.96. The molecule has 3 rings (SSSR count). The van der Waals surface area contributed by atoms with Crippen LogP contribution in [-0.2, 0) is 17.4 Å². The molecule has 0 bridgehead atoms. The quantitative estimate of drug-likeness (QED) is 0.344. The van der Waals surface area contributed by atoms with Gasteiger partial charge in [0, 0.05) is 18.2 Å². The van der Waals surface area contributed by atoms with Gasteiger partial charge in [0.05, 0.1) is 16.9 Å². The van der Waals surface area contributed by atoms with E-state index in [2.05, 4.69) is 5.10 Å². The van der Waals surface area contributed by atoms with E-state index in [4.69, 9.17) is 4.74 Å². The van der Waals surface area contributed by atoms with Gasteiger partial charge in [0.25, 0.3) is 0 Å². The van der Waals surface area contributed by atoms with Gasteiger partial charge in [0.15, 0.2) is 11.4 Å². The maximum atomic E-state index is 12.9. The number of ether oxygens (including phenoxy) is 1. The minimum Gasteiger partial charge on any atom is -0.478 e. The van der Waals surface area contributed by atoms with Gasteiger partial charge in [0.1, 0.15) is 5.75 Å². The zero-order valence-electron chi connectivity index (χ0n) is 20.8. The minimum absolute atomic E-state index is 0.0575. The number of aryl methyl sites for hydroxylation is 2. The first-order chi connectivity index (χ1) is 16.7. The van der Waals surface area contributed by atoms with Crippen molar-refractivity contribution >= 4 is 11.8 Å². The molecule has 1 aromatic heterocycles. The molecule has 36 heavy (non-hydrogen) atoms. The van der Waals surface area contributed by atoms with Gasteiger partial charge in [-0.3, -0.25) is 4.79 Å². The van der Waals surface area contributed by atoms with Crippen molar-refractivity contribution < 1.29 is 32.6 Å². The van der Waals surface area contributed by atoms with E-state index in [1.54, 1.807) is 31.3 Å². The summed E-state index contributed by atoms with van der Waals surface area (Å²) in [6.45, 7) is 8.57. The standard InChI is InChI=1S/C27H29F3N2O4/c1-16(2)24-19(15-32(31-24)21-10-8-20(9-11-21)27(28,29)30)6-12-22(33)18-7-13-23(17(3)14-18)36-26(4,5)25(34)35/h7-11,13-16H,6,12H2,1-5H3,(H,34,35). The first-order valence-corrected chi connectivity index (χ1v) is 11.5. The number of aliphatic carboxylic acids is 1. The lowest BCUT2D eigenvalue weighted by atomic mass is 9.98. The van der Waals surface area contributed by atoms with Crippen LogP contribution in [0.1, 0.15) is 72.8 Å². The van der Waals surface area contributed by atoms with Gasteiger partial charge >= 0.3 is 12.1 Å². The molecule has 9 heteroatoms. The Bertz CT molecular complexity index is 1260. The van der Waals surface area contributed by atoms with E-state index in [0.29, 0.717) is 29.0 Å². The molecule has 3 aromatic rings. The first kappa shape index (κ1) is 27.0. The summed E-state index contributed by atoms with van der Waals surface area (Å²) in [7, 11) is 0. The molecule has 0 aliphatic heterocycles. The molecule has 6 nitrogen and oxygen atoms in total. The zero-order chi connectivity index (χ0) is 26.8. The third kappa shape index (κ3) is 6.13. The largest absolute Gasteiger partial charge is 0.478 e. The number of carbonyl (C=O) groups excluding carboxylic acids is 1. The smallest absolute Gasteiger partial charge is 0.416 e. The summed E-state index contributed by atoms with van der Waals surface area (Å²) in [5, 5.41) is 13.8. The lowest BCUT2D eigenvalue weighted by Crippen LogP contribution is -2.38. The van der Waals surface area contributed by atoms with Gasteiger partial charge in [-0.1, -0.05) is 13.8 Å². The number of nitrogens with zero attached hydrogens (tertiary/aromatic N) is 2. The Kier molecular flexibility index (Phi) is 7.62. The number of carboxylic acid groups (broad SMARTS) is 1. The summed E-state index contributed by atoms with van der Waals surface area (Å²) in [6, 6.07) is 9.64. The topological polar surface area (TPSA) is 81.4 Å². The number of carbonyl (C=O) groups is 2. The van der Waals surface area contributed by atoms with E-state index in [1.807, 2.05) is 13.8 Å². The number of rotatable bonds is 9. The van der Waals surface area contributed by atoms with Crippen molar-refractivity contribution in [2.24, 2.45) is 0 Å². The van der Waals surface area contributed by atoms with Crippen LogP contribution < -0.4 is 4.74 Å². The van der Waals surface area contributed by atoms with E-state index in [0.717, 1.165) is 23.4 Å². The third-order valence-electron chi connectivity index (χ3n) is 5.83. The number of Topliss-reactive ketones (excluding diaryl/α,β-unsaturated/α-hetero) is 1. The van der Waals surface area contributed by atoms with Crippen LogP contribution in [0.5, 0.6) is 5.75 Å². The van der Waals surface area contributed by atoms with Gasteiger partial charge in [-0.05, 0) is 86.7 Å². The lowest BCUT2D eigenvalue weighted by molar-refractivity contribution is -0.152. The Labute approximate surface area is 207 Å². The number of hydrogen-bond acceptors (Lipinski definition) is 4. The van der Waals surface area contributed by atoms with Crippen LogP contribution in [0.4, 0.5) is 13.2 Å². The van der Waals surface area contributed by atoms with Crippen LogP contribution in [0.25, 0.3) is 5.69 Å². The number of ketones is 1. The Morgan fingerprint density at radius 2 is 1.72 bits per heavy atom. The molecule has 1 N–H and O–H groups in total. The van der Waals surface area contributed by atoms with Crippen LogP contribution in [0.15, 0.2) is 48.7 Å². The van der Waals surface area contributed by atoms with Crippen molar-refractivity contribution in [2.75, 3.05) is 0 Å². The van der Waals surface area contributed by atoms with E-state index in [-0.39, 0.29) is 18.1 Å². The molecule has 0 radical (unpaired) electrons. The number of halogens is 3. The SMILES string of the molecule is Cc1cc(C(=O)CCc2cn(-c3ccc(C(F)(F)F)cc3)nc2C(C)C)ccc1OC(C)(C)C(=O)O. The number of benzene rings is 2. The molecule has 0 unspecified atom stereocenters. The molecule has 0 saturated carbocycles. The molecular weight excluding hydrogens is 473 g/mol. The highest BCUT2D eigenvalue weighted by atomic mass is 19.4. The third-order valence-corrected chi connectivity index (χ3v) is 5.83. The molecule has 1 heterocycles. The molecule has 0 saturated heterocycles. The Morgan fingerprint density at radius 1 is 1.08 bits per heavy atom. The Morgan fingerprint density at radius 3 is 2.25 bits per heavy atom. The number of alkyl halides is 3. The van der Waals surface area contributed by atoms with Crippen LogP contribution in [-0.4, -0.2) is 32.2 Å². The monoisotopic (exact) mass is 502 g/mol. The highest BCUT2D eigenvalue weighted by Crippen LogP contribution is 2.30. The predicted octanol–water partition coefficient (Wildman–Crippen LogP) is 6.38. The normalized spacial score (nSPS) is 12.1. The molecule has 0 fully saturated rings. The summed E-state index contributed by atoms with van der Waals surface area (Å²) in [5.41, 5.74) is 1.11. The second-order valence-corrected chi connectivity index (χ2v) is 9.50. The predicted molar refractivity (Wildman–Crippen MR) is 129 cm³/mol. The van der Waals surface area contributed by atoms with Gasteiger partial charge in [-0.2, -0.15) is 18.3 Å². The highest BCUT2D eigenvalue weighted by Gasteiger charge is 2.31. The maximum Gasteiger partial charge on any atom is 0.416 e. The number of hydrogen-bond donors (Lipinski definition) is 1. The number of carboxylic acids is 1. The van der Waals surface area contributed by atoms with Crippen molar-refractivity contribution in [3.63, 3.8) is 0 Å². The van der Waals surface area contributed by atoms with Crippen molar-refractivity contribution in [3.05, 3.63) is 76.6 Å². The van der Waals surface area contributed by atoms with Gasteiger partial charge in [0.2, 0.25) is 0 Å². The lowest BCUT2D eigenvalue weighted by Gasteiger charge is -2.22. The Hall–Kier alpha value is -3.62. The van der Waals surface area contributed by atoms with Gasteiger partial charge < -0.3 is 9.84 Å². The summed E-state index contributed by atoms with van der Waals surface area (Å²) in [4.78, 5) is 24.2. The summed E-state index contributed by atoms with van der Waals surface area (Å²) < 4.78 is 45.8. The van der Waals surface area contributed by atoms with Crippen molar-refractivity contribution in [1.29, 1.82) is 0 Å². The second kappa shape index (κ2) is 10.2. The molecule has 0 aliphatic carbocycles. The second-order valence-electron chi connectivity index (χ2n) is 9.50. The fourth-order valence-electron chi connectivity index (χ4n) is 3.69. The number of aromatic nitrogens is 2. The average molecular weight is 503 g/mol. The molecule has 0 amide bonds. The van der Waals surface area contributed by atoms with Crippen LogP contribution in [0.2, 0.25) is 0 Å². The van der Waals surface area contributed by atoms with Crippen molar-refractivity contribution in [3.8, 4) is 11.4 Å². The van der Waals surface area contributed by atoms with Gasteiger partial charge in [-0.25, -0.2) is 9.48 Å². The fraction of sp³-hybridized carbons (Fsp3) is 0.370. The first-order valence-electron chi connectivity index (χ1n) is 11.5. The average Bonchev–Trinajstić information content (AvgIpc) is 3.23. The van der Waals surface area contributed by atoms with E-state index >= 15 is 0 Å².